The fraction of sp³-hybridized carbons (Fsp3) is 1.00. The fourth-order valence-electron chi connectivity index (χ4n) is 2.51. The van der Waals surface area contributed by atoms with Crippen LogP contribution in [-0.2, 0) is 0 Å². The van der Waals surface area contributed by atoms with Crippen LogP contribution >= 0.6 is 0 Å². The van der Waals surface area contributed by atoms with Crippen LogP contribution < -0.4 is 0 Å². The summed E-state index contributed by atoms with van der Waals surface area (Å²) in [7, 11) is 0. The zero-order valence-corrected chi connectivity index (χ0v) is 9.58. The van der Waals surface area contributed by atoms with Crippen LogP contribution in [-0.4, -0.2) is 5.92 Å². The van der Waals surface area contributed by atoms with Crippen LogP contribution in [0.15, 0.2) is 0 Å². The zero-order chi connectivity index (χ0) is 10.8. The van der Waals surface area contributed by atoms with Gasteiger partial charge in [0.1, 0.15) is 0 Å². The minimum Gasteiger partial charge on any atom is -0.207 e. The third-order valence-corrected chi connectivity index (χ3v) is 3.31. The van der Waals surface area contributed by atoms with Gasteiger partial charge in [-0.15, -0.1) is 0 Å². The van der Waals surface area contributed by atoms with Crippen molar-refractivity contribution >= 4 is 0 Å². The molecule has 0 bridgehead atoms. The molecule has 84 valence electrons. The molecule has 0 N–H and O–H groups in total. The Labute approximate surface area is 86.1 Å². The Morgan fingerprint density at radius 1 is 1.00 bits per heavy atom. The Kier molecular flexibility index (Phi) is 3.54. The summed E-state index contributed by atoms with van der Waals surface area (Å²) in [4.78, 5) is 0. The highest BCUT2D eigenvalue weighted by molar-refractivity contribution is 4.87. The van der Waals surface area contributed by atoms with Crippen molar-refractivity contribution in [1.29, 1.82) is 0 Å². The molecule has 1 aliphatic carbocycles. The molecule has 1 rings (SSSR count). The van der Waals surface area contributed by atoms with E-state index in [-0.39, 0.29) is 11.8 Å². The van der Waals surface area contributed by atoms with Crippen molar-refractivity contribution < 1.29 is 8.78 Å². The first-order valence-corrected chi connectivity index (χ1v) is 5.72. The summed E-state index contributed by atoms with van der Waals surface area (Å²) >= 11 is 0. The summed E-state index contributed by atoms with van der Waals surface area (Å²) in [5.74, 6) is -2.88. The van der Waals surface area contributed by atoms with E-state index in [1.54, 1.807) is 0 Å². The Morgan fingerprint density at radius 3 is 2.14 bits per heavy atom. The van der Waals surface area contributed by atoms with Gasteiger partial charge in [0.25, 0.3) is 5.92 Å². The van der Waals surface area contributed by atoms with Crippen molar-refractivity contribution in [1.82, 2.24) is 0 Å². The van der Waals surface area contributed by atoms with Gasteiger partial charge >= 0.3 is 0 Å². The average molecular weight is 204 g/mol. The van der Waals surface area contributed by atoms with Gasteiger partial charge in [0.15, 0.2) is 0 Å². The molecule has 0 spiro atoms. The number of hydrogen-bond acceptors (Lipinski definition) is 0. The van der Waals surface area contributed by atoms with Crippen LogP contribution in [0.1, 0.15) is 59.3 Å². The van der Waals surface area contributed by atoms with Gasteiger partial charge in [0.05, 0.1) is 0 Å². The highest BCUT2D eigenvalue weighted by Gasteiger charge is 2.45. The minimum atomic E-state index is -2.45. The molecule has 0 nitrogen and oxygen atoms in total. The van der Waals surface area contributed by atoms with Crippen molar-refractivity contribution in [2.45, 2.75) is 65.2 Å². The normalized spacial score (nSPS) is 29.4. The highest BCUT2D eigenvalue weighted by atomic mass is 19.3. The largest absolute Gasteiger partial charge is 0.251 e. The van der Waals surface area contributed by atoms with Crippen molar-refractivity contribution in [2.24, 2.45) is 11.3 Å². The second-order valence-electron chi connectivity index (χ2n) is 5.63. The van der Waals surface area contributed by atoms with Crippen LogP contribution in [0.3, 0.4) is 0 Å². The van der Waals surface area contributed by atoms with E-state index < -0.39 is 11.8 Å². The second kappa shape index (κ2) is 4.16. The average Bonchev–Trinajstić information content (AvgIpc) is 1.95. The van der Waals surface area contributed by atoms with E-state index in [1.165, 1.54) is 0 Å². The van der Waals surface area contributed by atoms with Crippen LogP contribution in [0.4, 0.5) is 8.78 Å². The van der Waals surface area contributed by atoms with Gasteiger partial charge in [-0.05, 0) is 18.3 Å². The summed E-state index contributed by atoms with van der Waals surface area (Å²) < 4.78 is 27.6. The number of hydrogen-bond donors (Lipinski definition) is 0. The maximum absolute atomic E-state index is 13.8. The van der Waals surface area contributed by atoms with E-state index in [2.05, 4.69) is 0 Å². The van der Waals surface area contributed by atoms with Gasteiger partial charge < -0.3 is 0 Å². The van der Waals surface area contributed by atoms with Crippen molar-refractivity contribution in [3.8, 4) is 0 Å². The summed E-state index contributed by atoms with van der Waals surface area (Å²) in [5, 5.41) is 0. The lowest BCUT2D eigenvalue weighted by Gasteiger charge is -2.38. The molecular formula is C12H22F2. The van der Waals surface area contributed by atoms with Crippen LogP contribution in [0.25, 0.3) is 0 Å². The lowest BCUT2D eigenvalue weighted by molar-refractivity contribution is -0.112. The van der Waals surface area contributed by atoms with Gasteiger partial charge in [0, 0.05) is 12.3 Å². The summed E-state index contributed by atoms with van der Waals surface area (Å²) in [5.41, 5.74) is -0.263. The summed E-state index contributed by atoms with van der Waals surface area (Å²) in [6.07, 6.45) is 4.55. The quantitative estimate of drug-likeness (QED) is 0.539. The van der Waals surface area contributed by atoms with E-state index >= 15 is 0 Å². The molecule has 1 aliphatic rings. The molecule has 0 saturated heterocycles. The number of rotatable bonds is 0. The van der Waals surface area contributed by atoms with Gasteiger partial charge in [0.2, 0.25) is 0 Å². The van der Waals surface area contributed by atoms with Crippen LogP contribution in [0.5, 0.6) is 0 Å². The molecule has 2 heteroatoms. The molecule has 0 aromatic carbocycles. The van der Waals surface area contributed by atoms with E-state index in [9.17, 15) is 8.78 Å². The van der Waals surface area contributed by atoms with Gasteiger partial charge in [-0.25, -0.2) is 8.78 Å². The van der Waals surface area contributed by atoms with E-state index in [0.717, 1.165) is 19.3 Å². The maximum atomic E-state index is 13.8. The fourth-order valence-corrected chi connectivity index (χ4v) is 2.51. The Hall–Kier alpha value is -0.140. The molecule has 1 atom stereocenters. The Bertz CT molecular complexity index is 179. The van der Waals surface area contributed by atoms with Crippen molar-refractivity contribution in [3.05, 3.63) is 0 Å². The third kappa shape index (κ3) is 2.93. The molecule has 0 aromatic rings. The zero-order valence-electron chi connectivity index (χ0n) is 9.58. The first-order valence-electron chi connectivity index (χ1n) is 5.72. The molecule has 0 heterocycles. The molecule has 0 aromatic heterocycles. The predicted molar refractivity (Wildman–Crippen MR) is 55.6 cm³/mol. The van der Waals surface area contributed by atoms with E-state index in [4.69, 9.17) is 0 Å². The SMILES string of the molecule is CC(C)(C)C1CCCCCCC1(F)F. The molecule has 1 unspecified atom stereocenters. The monoisotopic (exact) mass is 204 g/mol. The maximum Gasteiger partial charge on any atom is 0.251 e. The number of alkyl halides is 2. The van der Waals surface area contributed by atoms with Crippen LogP contribution in [0, 0.1) is 11.3 Å². The first-order chi connectivity index (χ1) is 6.34. The highest BCUT2D eigenvalue weighted by Crippen LogP contribution is 2.45. The lowest BCUT2D eigenvalue weighted by Crippen LogP contribution is -2.38. The van der Waals surface area contributed by atoms with Gasteiger partial charge in [-0.2, -0.15) is 0 Å². The first kappa shape index (κ1) is 11.9. The standard InChI is InChI=1S/C12H22F2/c1-11(2,3)10-8-6-4-5-7-9-12(10,13)14/h10H,4-9H2,1-3H3. The van der Waals surface area contributed by atoms with Crippen molar-refractivity contribution in [2.75, 3.05) is 0 Å². The molecule has 0 amide bonds. The molecule has 0 aliphatic heterocycles. The Balaban J connectivity index is 2.75. The van der Waals surface area contributed by atoms with E-state index in [1.807, 2.05) is 20.8 Å². The van der Waals surface area contributed by atoms with Crippen LogP contribution in [0.2, 0.25) is 0 Å². The second-order valence-corrected chi connectivity index (χ2v) is 5.63. The molecule has 1 fully saturated rings. The molecule has 0 radical (unpaired) electrons. The Morgan fingerprint density at radius 2 is 1.57 bits per heavy atom. The van der Waals surface area contributed by atoms with Crippen molar-refractivity contribution in [3.63, 3.8) is 0 Å². The molecular weight excluding hydrogens is 182 g/mol. The van der Waals surface area contributed by atoms with Gasteiger partial charge in [-0.3, -0.25) is 0 Å². The topological polar surface area (TPSA) is 0 Å². The minimum absolute atomic E-state index is 0.0922. The molecule has 1 saturated carbocycles. The third-order valence-electron chi connectivity index (χ3n) is 3.31. The summed E-state index contributed by atoms with van der Waals surface area (Å²) in [6.45, 7) is 5.81. The number of halogens is 2. The summed E-state index contributed by atoms with van der Waals surface area (Å²) in [6, 6.07) is 0. The smallest absolute Gasteiger partial charge is 0.207 e. The predicted octanol–water partition coefficient (Wildman–Crippen LogP) is 4.64. The van der Waals surface area contributed by atoms with E-state index in [0.29, 0.717) is 12.8 Å². The lowest BCUT2D eigenvalue weighted by atomic mass is 9.72. The molecule has 14 heavy (non-hydrogen) atoms. The van der Waals surface area contributed by atoms with Gasteiger partial charge in [-0.1, -0.05) is 40.0 Å².